The van der Waals surface area contributed by atoms with E-state index in [1.165, 1.54) is 0 Å². The number of anilines is 2. The van der Waals surface area contributed by atoms with Gasteiger partial charge in [0.1, 0.15) is 5.82 Å². The Morgan fingerprint density at radius 2 is 2.16 bits per heavy atom. The van der Waals surface area contributed by atoms with Gasteiger partial charge in [0, 0.05) is 43.7 Å². The summed E-state index contributed by atoms with van der Waals surface area (Å²) in [5.74, 6) is 0.429. The summed E-state index contributed by atoms with van der Waals surface area (Å²) in [5, 5.41) is 7.67. The predicted octanol–water partition coefficient (Wildman–Crippen LogP) is 2.69. The van der Waals surface area contributed by atoms with Crippen molar-refractivity contribution >= 4 is 23.3 Å². The summed E-state index contributed by atoms with van der Waals surface area (Å²) in [6, 6.07) is 2.02. The molecule has 2 aliphatic heterocycles. The normalized spacial score (nSPS) is 18.1. The van der Waals surface area contributed by atoms with Crippen LogP contribution < -0.4 is 10.2 Å². The Morgan fingerprint density at radius 1 is 1.38 bits per heavy atom. The van der Waals surface area contributed by atoms with Crippen LogP contribution in [0.5, 0.6) is 0 Å². The van der Waals surface area contributed by atoms with Gasteiger partial charge in [0.15, 0.2) is 0 Å². The molecule has 1 saturated heterocycles. The number of hydrogen-bond donors (Lipinski definition) is 1. The number of aryl methyl sites for hydroxylation is 1. The van der Waals surface area contributed by atoms with Crippen molar-refractivity contribution in [1.29, 1.82) is 0 Å². The summed E-state index contributed by atoms with van der Waals surface area (Å²) in [5.41, 5.74) is 4.13. The van der Waals surface area contributed by atoms with Gasteiger partial charge >= 0.3 is 0 Å². The van der Waals surface area contributed by atoms with Crippen LogP contribution >= 0.6 is 0 Å². The topological polar surface area (TPSA) is 92.6 Å². The van der Waals surface area contributed by atoms with Gasteiger partial charge in [-0.3, -0.25) is 14.3 Å². The van der Waals surface area contributed by atoms with Crippen molar-refractivity contribution in [3.63, 3.8) is 0 Å². The monoisotopic (exact) mass is 440 g/mol. The van der Waals surface area contributed by atoms with Crippen LogP contribution in [0.25, 0.3) is 0 Å². The molecule has 0 bridgehead atoms. The molecule has 0 spiro atoms. The Kier molecular flexibility index (Phi) is 6.19. The van der Waals surface area contributed by atoms with Gasteiger partial charge in [-0.2, -0.15) is 5.10 Å². The smallest absolute Gasteiger partial charge is 0.255 e. The number of fused-ring (bicyclic) bond motifs is 1. The number of amides is 2. The Balaban J connectivity index is 1.56. The lowest BCUT2D eigenvalue weighted by molar-refractivity contribution is -0.117. The minimum atomic E-state index is -0.147. The number of ether oxygens (including phenoxy) is 1. The third kappa shape index (κ3) is 4.21. The Bertz CT molecular complexity index is 1020. The molecule has 2 aromatic heterocycles. The van der Waals surface area contributed by atoms with E-state index in [4.69, 9.17) is 4.74 Å². The molecular weight excluding hydrogens is 408 g/mol. The first-order valence-electron chi connectivity index (χ1n) is 11.2. The second kappa shape index (κ2) is 8.90. The van der Waals surface area contributed by atoms with Crippen molar-refractivity contribution in [2.75, 3.05) is 37.0 Å². The molecule has 172 valence electrons. The largest absolute Gasteiger partial charge is 0.376 e. The van der Waals surface area contributed by atoms with Crippen LogP contribution in [0.3, 0.4) is 0 Å². The zero-order valence-electron chi connectivity index (χ0n) is 19.5. The van der Waals surface area contributed by atoms with E-state index in [1.54, 1.807) is 29.1 Å². The van der Waals surface area contributed by atoms with E-state index < -0.39 is 0 Å². The number of nitrogens with zero attached hydrogens (tertiary/aromatic N) is 5. The van der Waals surface area contributed by atoms with E-state index in [0.29, 0.717) is 30.2 Å². The summed E-state index contributed by atoms with van der Waals surface area (Å²) < 4.78 is 7.71. The summed E-state index contributed by atoms with van der Waals surface area (Å²) in [4.78, 5) is 33.7. The molecule has 1 N–H and O–H groups in total. The number of pyridine rings is 1. The lowest BCUT2D eigenvalue weighted by atomic mass is 10.1. The maximum absolute atomic E-state index is 13.2. The van der Waals surface area contributed by atoms with Gasteiger partial charge in [0.25, 0.3) is 5.91 Å². The van der Waals surface area contributed by atoms with Crippen molar-refractivity contribution < 1.29 is 14.3 Å². The molecular formula is C23H32N6O3. The van der Waals surface area contributed by atoms with Crippen LogP contribution in [0.2, 0.25) is 0 Å². The molecule has 2 amide bonds. The maximum Gasteiger partial charge on any atom is 0.255 e. The quantitative estimate of drug-likeness (QED) is 0.743. The molecule has 1 fully saturated rings. The molecule has 9 heteroatoms. The van der Waals surface area contributed by atoms with E-state index in [2.05, 4.69) is 29.2 Å². The number of aromatic nitrogens is 3. The summed E-state index contributed by atoms with van der Waals surface area (Å²) in [6.07, 6.45) is 3.54. The number of hydrogen-bond acceptors (Lipinski definition) is 6. The molecule has 0 radical (unpaired) electrons. The van der Waals surface area contributed by atoms with Crippen molar-refractivity contribution in [2.24, 2.45) is 0 Å². The number of carbonyl (C=O) groups excluding carboxylic acids is 2. The number of rotatable bonds is 6. The first kappa shape index (κ1) is 22.3. The van der Waals surface area contributed by atoms with E-state index in [9.17, 15) is 9.59 Å². The molecule has 1 unspecified atom stereocenters. The van der Waals surface area contributed by atoms with Gasteiger partial charge in [-0.25, -0.2) is 4.98 Å². The molecule has 0 saturated carbocycles. The minimum Gasteiger partial charge on any atom is -0.376 e. The highest BCUT2D eigenvalue weighted by Gasteiger charge is 2.30. The second-order valence-corrected chi connectivity index (χ2v) is 8.93. The lowest BCUT2D eigenvalue weighted by Crippen LogP contribution is -2.44. The lowest BCUT2D eigenvalue weighted by Gasteiger charge is -2.31. The molecule has 2 aliphatic rings. The average Bonchev–Trinajstić information content (AvgIpc) is 3.38. The van der Waals surface area contributed by atoms with Crippen LogP contribution in [0, 0.1) is 13.8 Å². The van der Waals surface area contributed by atoms with Gasteiger partial charge < -0.3 is 19.9 Å². The van der Waals surface area contributed by atoms with Gasteiger partial charge in [-0.1, -0.05) is 0 Å². The summed E-state index contributed by atoms with van der Waals surface area (Å²) in [6.45, 7) is 10.0. The molecule has 1 atom stereocenters. The fourth-order valence-corrected chi connectivity index (χ4v) is 4.45. The number of nitrogens with one attached hydrogen (secondary N) is 1. The van der Waals surface area contributed by atoms with Crippen LogP contribution in [0.4, 0.5) is 11.5 Å². The van der Waals surface area contributed by atoms with Crippen molar-refractivity contribution in [2.45, 2.75) is 59.2 Å². The first-order chi connectivity index (χ1) is 15.3. The van der Waals surface area contributed by atoms with E-state index in [-0.39, 0.29) is 30.5 Å². The van der Waals surface area contributed by atoms with E-state index in [0.717, 1.165) is 36.4 Å². The zero-order chi connectivity index (χ0) is 23.0. The van der Waals surface area contributed by atoms with Gasteiger partial charge in [0.05, 0.1) is 36.1 Å². The predicted molar refractivity (Wildman–Crippen MR) is 122 cm³/mol. The molecule has 0 aromatic carbocycles. The maximum atomic E-state index is 13.2. The Morgan fingerprint density at radius 3 is 2.81 bits per heavy atom. The Hall–Kier alpha value is -2.94. The second-order valence-electron chi connectivity index (χ2n) is 8.93. The molecule has 4 rings (SSSR count). The van der Waals surface area contributed by atoms with E-state index >= 15 is 0 Å². The zero-order valence-corrected chi connectivity index (χ0v) is 19.5. The summed E-state index contributed by atoms with van der Waals surface area (Å²) in [7, 11) is 1.78. The van der Waals surface area contributed by atoms with Gasteiger partial charge in [-0.15, -0.1) is 0 Å². The molecule has 4 heterocycles. The molecule has 32 heavy (non-hydrogen) atoms. The minimum absolute atomic E-state index is 0.0235. The fourth-order valence-electron chi connectivity index (χ4n) is 4.45. The van der Waals surface area contributed by atoms with Crippen molar-refractivity contribution in [3.8, 4) is 0 Å². The average molecular weight is 441 g/mol. The van der Waals surface area contributed by atoms with Crippen LogP contribution in [0.1, 0.15) is 60.0 Å². The summed E-state index contributed by atoms with van der Waals surface area (Å²) >= 11 is 0. The molecule has 9 nitrogen and oxygen atoms in total. The number of carbonyl (C=O) groups is 2. The molecule has 2 aromatic rings. The highest BCUT2D eigenvalue weighted by atomic mass is 16.5. The van der Waals surface area contributed by atoms with Crippen LogP contribution in [-0.2, 0) is 16.1 Å². The first-order valence-corrected chi connectivity index (χ1v) is 11.2. The van der Waals surface area contributed by atoms with Crippen molar-refractivity contribution in [1.82, 2.24) is 19.7 Å². The van der Waals surface area contributed by atoms with Gasteiger partial charge in [-0.05, 0) is 46.6 Å². The fraction of sp³-hybridized carbons (Fsp3) is 0.565. The van der Waals surface area contributed by atoms with Gasteiger partial charge in [0.2, 0.25) is 5.91 Å². The van der Waals surface area contributed by atoms with Crippen LogP contribution in [0.15, 0.2) is 12.3 Å². The van der Waals surface area contributed by atoms with Crippen molar-refractivity contribution in [3.05, 3.63) is 34.8 Å². The standard InChI is InChI=1S/C23H32N6O3/c1-14(2)29-16(4)19(15(3)26-29)13-27(5)23(31)17-9-20-22(24-10-17)25-11-21(30)28(20)12-18-7-6-8-32-18/h9-10,14,18H,6-8,11-13H2,1-5H3,(H,24,25). The third-order valence-corrected chi connectivity index (χ3v) is 6.23. The third-order valence-electron chi connectivity index (χ3n) is 6.23. The Labute approximate surface area is 188 Å². The molecule has 0 aliphatic carbocycles. The highest BCUT2D eigenvalue weighted by Crippen LogP contribution is 2.30. The van der Waals surface area contributed by atoms with E-state index in [1.807, 2.05) is 18.5 Å². The highest BCUT2D eigenvalue weighted by molar-refractivity contribution is 6.04. The van der Waals surface area contributed by atoms with Crippen LogP contribution in [-0.4, -0.2) is 64.3 Å². The SMILES string of the molecule is Cc1nn(C(C)C)c(C)c1CN(C)C(=O)c1cnc2c(c1)N(CC1CCCO1)C(=O)CN2.